The lowest BCUT2D eigenvalue weighted by molar-refractivity contribution is -0.133. The lowest BCUT2D eigenvalue weighted by atomic mass is 10.2. The third kappa shape index (κ3) is 5.23. The molecule has 2 amide bonds. The average Bonchev–Trinajstić information content (AvgIpc) is 3.09. The van der Waals surface area contributed by atoms with Crippen LogP contribution in [0, 0.1) is 0 Å². The van der Waals surface area contributed by atoms with Crippen LogP contribution in [0.4, 0.5) is 5.69 Å². The SMILES string of the molecule is CNS(=O)(=O)c1cccc(NC(=O)CNC(=O)[C@@H]2CC[C@H](CN)O2)c1. The molecule has 1 aromatic rings. The van der Waals surface area contributed by atoms with Crippen LogP contribution in [0.15, 0.2) is 29.2 Å². The molecule has 1 saturated heterocycles. The Morgan fingerprint density at radius 3 is 2.72 bits per heavy atom. The summed E-state index contributed by atoms with van der Waals surface area (Å²) in [5, 5.41) is 5.04. The van der Waals surface area contributed by atoms with Gasteiger partial charge in [0.25, 0.3) is 0 Å². The van der Waals surface area contributed by atoms with Crippen LogP contribution in [0.3, 0.4) is 0 Å². The third-order valence-electron chi connectivity index (χ3n) is 3.78. The molecule has 9 nitrogen and oxygen atoms in total. The lowest BCUT2D eigenvalue weighted by Crippen LogP contribution is -2.39. The zero-order valence-electron chi connectivity index (χ0n) is 13.8. The Balaban J connectivity index is 1.86. The summed E-state index contributed by atoms with van der Waals surface area (Å²) in [6.45, 7) is 0.116. The Labute approximate surface area is 146 Å². The molecule has 1 aromatic carbocycles. The van der Waals surface area contributed by atoms with E-state index in [1.54, 1.807) is 6.07 Å². The van der Waals surface area contributed by atoms with Gasteiger partial charge in [-0.1, -0.05) is 6.07 Å². The highest BCUT2D eigenvalue weighted by atomic mass is 32.2. The standard InChI is InChI=1S/C15H22N4O5S/c1-17-25(22,23)12-4-2-3-10(7-12)19-14(20)9-18-15(21)13-6-5-11(8-16)24-13/h2-4,7,11,13,17H,5-6,8-9,16H2,1H3,(H,18,21)(H,19,20)/t11-,13+/m1/s1. The molecular weight excluding hydrogens is 348 g/mol. The second-order valence-electron chi connectivity index (χ2n) is 5.56. The molecular formula is C15H22N4O5S. The van der Waals surface area contributed by atoms with Crippen molar-refractivity contribution in [2.24, 2.45) is 5.73 Å². The number of carbonyl (C=O) groups is 2. The third-order valence-corrected chi connectivity index (χ3v) is 5.19. The molecule has 2 atom stereocenters. The highest BCUT2D eigenvalue weighted by Crippen LogP contribution is 2.19. The van der Waals surface area contributed by atoms with Gasteiger partial charge in [-0.3, -0.25) is 9.59 Å². The first kappa shape index (κ1) is 19.3. The predicted octanol–water partition coefficient (Wildman–Crippen LogP) is -0.844. The first-order valence-corrected chi connectivity index (χ1v) is 9.30. The minimum absolute atomic E-state index is 0.0315. The highest BCUT2D eigenvalue weighted by molar-refractivity contribution is 7.89. The largest absolute Gasteiger partial charge is 0.364 e. The summed E-state index contributed by atoms with van der Waals surface area (Å²) in [6, 6.07) is 5.81. The van der Waals surface area contributed by atoms with E-state index in [9.17, 15) is 18.0 Å². The van der Waals surface area contributed by atoms with Gasteiger partial charge < -0.3 is 21.1 Å². The Bertz CT molecular complexity index is 737. The molecule has 1 aliphatic heterocycles. The quantitative estimate of drug-likeness (QED) is 0.493. The number of hydrogen-bond donors (Lipinski definition) is 4. The molecule has 10 heteroatoms. The maximum absolute atomic E-state index is 11.9. The van der Waals surface area contributed by atoms with Crippen molar-refractivity contribution < 1.29 is 22.7 Å². The van der Waals surface area contributed by atoms with Gasteiger partial charge in [0.15, 0.2) is 0 Å². The van der Waals surface area contributed by atoms with Gasteiger partial charge in [-0.15, -0.1) is 0 Å². The Hall–Kier alpha value is -2.01. The molecule has 0 bridgehead atoms. The van der Waals surface area contributed by atoms with E-state index in [1.807, 2.05) is 0 Å². The fourth-order valence-electron chi connectivity index (χ4n) is 2.42. The summed E-state index contributed by atoms with van der Waals surface area (Å²) in [6.07, 6.45) is 0.569. The van der Waals surface area contributed by atoms with Crippen molar-refractivity contribution >= 4 is 27.5 Å². The minimum Gasteiger partial charge on any atom is -0.364 e. The summed E-state index contributed by atoms with van der Waals surface area (Å²) in [4.78, 5) is 23.9. The van der Waals surface area contributed by atoms with Gasteiger partial charge in [-0.05, 0) is 38.1 Å². The smallest absolute Gasteiger partial charge is 0.249 e. The maximum atomic E-state index is 11.9. The van der Waals surface area contributed by atoms with Gasteiger partial charge in [0, 0.05) is 12.2 Å². The first-order chi connectivity index (χ1) is 11.9. The zero-order chi connectivity index (χ0) is 18.4. The summed E-state index contributed by atoms with van der Waals surface area (Å²) in [5.41, 5.74) is 5.80. The van der Waals surface area contributed by atoms with E-state index < -0.39 is 22.0 Å². The highest BCUT2D eigenvalue weighted by Gasteiger charge is 2.29. The number of amides is 2. The second-order valence-corrected chi connectivity index (χ2v) is 7.45. The van der Waals surface area contributed by atoms with Gasteiger partial charge in [0.2, 0.25) is 21.8 Å². The molecule has 1 aliphatic rings. The number of hydrogen-bond acceptors (Lipinski definition) is 6. The number of anilines is 1. The number of ether oxygens (including phenoxy) is 1. The molecule has 0 saturated carbocycles. The van der Waals surface area contributed by atoms with E-state index in [-0.39, 0.29) is 23.5 Å². The van der Waals surface area contributed by atoms with Gasteiger partial charge in [0.1, 0.15) is 6.10 Å². The number of rotatable bonds is 7. The van der Waals surface area contributed by atoms with Crippen LogP contribution in [0.25, 0.3) is 0 Å². The number of benzene rings is 1. The summed E-state index contributed by atoms with van der Waals surface area (Å²) >= 11 is 0. The van der Waals surface area contributed by atoms with Gasteiger partial charge in [0.05, 0.1) is 17.5 Å². The molecule has 138 valence electrons. The first-order valence-electron chi connectivity index (χ1n) is 7.82. The Kier molecular flexibility index (Phi) is 6.48. The zero-order valence-corrected chi connectivity index (χ0v) is 14.6. The lowest BCUT2D eigenvalue weighted by Gasteiger charge is -2.13. The summed E-state index contributed by atoms with van der Waals surface area (Å²) in [7, 11) is -2.30. The van der Waals surface area contributed by atoms with Crippen LogP contribution in [-0.2, 0) is 24.3 Å². The van der Waals surface area contributed by atoms with Crippen molar-refractivity contribution in [1.82, 2.24) is 10.0 Å². The van der Waals surface area contributed by atoms with Crippen LogP contribution < -0.4 is 21.1 Å². The van der Waals surface area contributed by atoms with E-state index in [1.165, 1.54) is 25.2 Å². The number of nitrogens with two attached hydrogens (primary N) is 1. The molecule has 0 radical (unpaired) electrons. The van der Waals surface area contributed by atoms with Gasteiger partial charge in [-0.25, -0.2) is 13.1 Å². The topological polar surface area (TPSA) is 140 Å². The molecule has 1 fully saturated rings. The molecule has 0 aliphatic carbocycles. The number of nitrogens with one attached hydrogen (secondary N) is 3. The predicted molar refractivity (Wildman–Crippen MR) is 91.3 cm³/mol. The minimum atomic E-state index is -3.60. The molecule has 2 rings (SSSR count). The Morgan fingerprint density at radius 2 is 2.08 bits per heavy atom. The van der Waals surface area contributed by atoms with E-state index in [0.717, 1.165) is 0 Å². The van der Waals surface area contributed by atoms with Crippen molar-refractivity contribution in [2.75, 3.05) is 25.5 Å². The molecule has 5 N–H and O–H groups in total. The number of sulfonamides is 1. The normalized spacial score (nSPS) is 20.2. The summed E-state index contributed by atoms with van der Waals surface area (Å²) < 4.78 is 31.1. The fourth-order valence-corrected chi connectivity index (χ4v) is 3.19. The van der Waals surface area contributed by atoms with Crippen molar-refractivity contribution in [2.45, 2.75) is 29.9 Å². The molecule has 0 spiro atoms. The van der Waals surface area contributed by atoms with Gasteiger partial charge >= 0.3 is 0 Å². The number of carbonyl (C=O) groups excluding carboxylic acids is 2. The van der Waals surface area contributed by atoms with Crippen LogP contribution in [0.1, 0.15) is 12.8 Å². The molecule has 0 unspecified atom stereocenters. The van der Waals surface area contributed by atoms with Crippen LogP contribution >= 0.6 is 0 Å². The van der Waals surface area contributed by atoms with Crippen LogP contribution in [-0.4, -0.2) is 52.6 Å². The van der Waals surface area contributed by atoms with E-state index in [4.69, 9.17) is 10.5 Å². The van der Waals surface area contributed by atoms with Crippen molar-refractivity contribution in [3.8, 4) is 0 Å². The van der Waals surface area contributed by atoms with Crippen molar-refractivity contribution in [3.63, 3.8) is 0 Å². The van der Waals surface area contributed by atoms with Crippen molar-refractivity contribution in [1.29, 1.82) is 0 Å². The molecule has 25 heavy (non-hydrogen) atoms. The molecule has 1 heterocycles. The van der Waals surface area contributed by atoms with Crippen LogP contribution in [0.2, 0.25) is 0 Å². The van der Waals surface area contributed by atoms with Crippen LogP contribution in [0.5, 0.6) is 0 Å². The Morgan fingerprint density at radius 1 is 1.32 bits per heavy atom. The molecule has 0 aromatic heterocycles. The van der Waals surface area contributed by atoms with Crippen molar-refractivity contribution in [3.05, 3.63) is 24.3 Å². The summed E-state index contributed by atoms with van der Waals surface area (Å²) in [5.74, 6) is -0.835. The second kappa shape index (κ2) is 8.39. The van der Waals surface area contributed by atoms with Gasteiger partial charge in [-0.2, -0.15) is 0 Å². The monoisotopic (exact) mass is 370 g/mol. The van der Waals surface area contributed by atoms with E-state index >= 15 is 0 Å². The van der Waals surface area contributed by atoms with E-state index in [2.05, 4.69) is 15.4 Å². The fraction of sp³-hybridized carbons (Fsp3) is 0.467. The maximum Gasteiger partial charge on any atom is 0.249 e. The average molecular weight is 370 g/mol. The van der Waals surface area contributed by atoms with E-state index in [0.29, 0.717) is 25.1 Å².